The van der Waals surface area contributed by atoms with Gasteiger partial charge < -0.3 is 0 Å². The summed E-state index contributed by atoms with van der Waals surface area (Å²) < 4.78 is 2.98. The Labute approximate surface area is 224 Å². The van der Waals surface area contributed by atoms with E-state index < -0.39 is 0 Å². The van der Waals surface area contributed by atoms with Crippen LogP contribution in [0.3, 0.4) is 0 Å². The zero-order valence-electron chi connectivity index (χ0n) is 19.7. The Balaban J connectivity index is 1.06. The van der Waals surface area contributed by atoms with Gasteiger partial charge >= 0.3 is 225 Å². The third kappa shape index (κ3) is 7.30. The van der Waals surface area contributed by atoms with Gasteiger partial charge in [0.15, 0.2) is 0 Å². The molecule has 0 aromatic carbocycles. The van der Waals surface area contributed by atoms with E-state index in [0.29, 0.717) is 9.38 Å². The molecule has 0 radical (unpaired) electrons. The van der Waals surface area contributed by atoms with E-state index in [1.165, 1.54) is 0 Å². The van der Waals surface area contributed by atoms with Gasteiger partial charge in [-0.25, -0.2) is 0 Å². The Morgan fingerprint density at radius 3 is 1.95 bits per heavy atom. The zero-order chi connectivity index (χ0) is 25.5. The number of nitrogens with zero attached hydrogens (tertiary/aromatic N) is 7. The van der Waals surface area contributed by atoms with Crippen LogP contribution in [0.25, 0.3) is 0 Å². The van der Waals surface area contributed by atoms with Crippen LogP contribution in [-0.4, -0.2) is 90.3 Å². The Hall–Kier alpha value is -3.44. The van der Waals surface area contributed by atoms with Gasteiger partial charge in [0.2, 0.25) is 0 Å². The molecule has 14 heteroatoms. The van der Waals surface area contributed by atoms with E-state index in [-0.39, 0.29) is 59.7 Å². The van der Waals surface area contributed by atoms with Crippen LogP contribution in [0.4, 0.5) is 18.8 Å². The molecule has 1 aliphatic heterocycles. The quantitative estimate of drug-likeness (QED) is 0.225. The number of rotatable bonds is 9. The van der Waals surface area contributed by atoms with Gasteiger partial charge in [0.25, 0.3) is 0 Å². The summed E-state index contributed by atoms with van der Waals surface area (Å²) in [4.78, 5) is 35.1. The van der Waals surface area contributed by atoms with Crippen molar-refractivity contribution in [2.75, 3.05) is 33.9 Å². The third-order valence-electron chi connectivity index (χ3n) is 5.56. The van der Waals surface area contributed by atoms with E-state index in [1.807, 2.05) is 36.4 Å². The van der Waals surface area contributed by atoms with E-state index in [2.05, 4.69) is 51.2 Å². The topological polar surface area (TPSA) is 151 Å². The first-order valence-corrected chi connectivity index (χ1v) is 15.1. The molecule has 3 N–H and O–H groups in total. The number of anilines is 4. The summed E-state index contributed by atoms with van der Waals surface area (Å²) in [5, 5.41) is 26.1. The molecule has 2 amide bonds. The minimum absolute atomic E-state index is 0.130. The number of hydrogen-bond acceptors (Lipinski definition) is 10. The molecule has 0 saturated carbocycles. The van der Waals surface area contributed by atoms with Crippen molar-refractivity contribution < 1.29 is 9.59 Å². The summed E-state index contributed by atoms with van der Waals surface area (Å²) in [5.41, 5.74) is 1.44. The number of aromatic nitrogens is 6. The molecule has 0 bridgehead atoms. The molecule has 4 aromatic rings. The molecule has 1 fully saturated rings. The Morgan fingerprint density at radius 1 is 0.784 bits per heavy atom. The predicted molar refractivity (Wildman–Crippen MR) is 140 cm³/mol. The van der Waals surface area contributed by atoms with Crippen LogP contribution in [0.5, 0.6) is 0 Å². The molecule has 0 aliphatic carbocycles. The second kappa shape index (κ2) is 12.2. The molecule has 0 spiro atoms. The fourth-order valence-corrected chi connectivity index (χ4v) is 7.03. The molecule has 1 aliphatic rings. The van der Waals surface area contributed by atoms with Gasteiger partial charge in [-0.3, -0.25) is 0 Å². The van der Waals surface area contributed by atoms with Crippen LogP contribution in [0, 0.1) is 0 Å². The fourth-order valence-electron chi connectivity index (χ4n) is 3.78. The van der Waals surface area contributed by atoms with Gasteiger partial charge in [-0.2, -0.15) is 0 Å². The molecule has 4 aromatic heterocycles. The number of nitrogens with one attached hydrogen (secondary N) is 3. The summed E-state index contributed by atoms with van der Waals surface area (Å²) in [7, 11) is 0. The molecule has 0 atom stereocenters. The van der Waals surface area contributed by atoms with Gasteiger partial charge in [-0.15, -0.1) is 0 Å². The van der Waals surface area contributed by atoms with Gasteiger partial charge in [0.1, 0.15) is 0 Å². The maximum atomic E-state index is 12.3. The molecular formula is C23H24N10O2Se2. The van der Waals surface area contributed by atoms with Crippen molar-refractivity contribution in [2.45, 2.75) is 31.7 Å². The van der Waals surface area contributed by atoms with Gasteiger partial charge in [-0.05, 0) is 0 Å². The SMILES string of the molecule is O=C(Cc1ccccn1)Nc1nnc(NC2CCN(c3nnc(NC(=O)Cc4ccccn4)[se]3)CC2)[se]1. The molecule has 5 heterocycles. The van der Waals surface area contributed by atoms with Crippen LogP contribution in [0.2, 0.25) is 0 Å². The fraction of sp³-hybridized carbons (Fsp3) is 0.304. The second-order valence-electron chi connectivity index (χ2n) is 8.30. The van der Waals surface area contributed by atoms with Crippen molar-refractivity contribution >= 4 is 59.6 Å². The number of hydrogen-bond donors (Lipinski definition) is 3. The van der Waals surface area contributed by atoms with E-state index >= 15 is 0 Å². The van der Waals surface area contributed by atoms with E-state index in [4.69, 9.17) is 0 Å². The first-order valence-electron chi connectivity index (χ1n) is 11.7. The molecule has 0 unspecified atom stereocenters. The summed E-state index contributed by atoms with van der Waals surface area (Å²) in [6, 6.07) is 11.3. The van der Waals surface area contributed by atoms with E-state index in [9.17, 15) is 9.59 Å². The number of carbonyl (C=O) groups is 2. The first kappa shape index (κ1) is 25.2. The average molecular weight is 630 g/mol. The molecule has 12 nitrogen and oxygen atoms in total. The Bertz CT molecular complexity index is 1320. The van der Waals surface area contributed by atoms with Crippen molar-refractivity contribution in [2.24, 2.45) is 0 Å². The number of pyridine rings is 2. The molecular weight excluding hydrogens is 606 g/mol. The van der Waals surface area contributed by atoms with Crippen LogP contribution in [0.15, 0.2) is 48.8 Å². The molecule has 5 rings (SSSR count). The summed E-state index contributed by atoms with van der Waals surface area (Å²) in [6.45, 7) is 1.69. The first-order chi connectivity index (χ1) is 18.1. The molecule has 1 saturated heterocycles. The summed E-state index contributed by atoms with van der Waals surface area (Å²) in [6.07, 6.45) is 5.62. The van der Waals surface area contributed by atoms with Gasteiger partial charge in [-0.1, -0.05) is 0 Å². The Kier molecular flexibility index (Phi) is 8.31. The van der Waals surface area contributed by atoms with Crippen LogP contribution < -0.4 is 20.9 Å². The zero-order valence-corrected chi connectivity index (χ0v) is 23.1. The van der Waals surface area contributed by atoms with Crippen molar-refractivity contribution in [1.29, 1.82) is 0 Å². The average Bonchev–Trinajstić information content (AvgIpc) is 3.55. The van der Waals surface area contributed by atoms with Crippen molar-refractivity contribution in [3.05, 3.63) is 60.2 Å². The van der Waals surface area contributed by atoms with Crippen molar-refractivity contribution in [3.63, 3.8) is 0 Å². The number of carbonyl (C=O) groups excluding carboxylic acids is 2. The monoisotopic (exact) mass is 632 g/mol. The van der Waals surface area contributed by atoms with Gasteiger partial charge in [0.05, 0.1) is 0 Å². The number of piperidine rings is 1. The van der Waals surface area contributed by atoms with Crippen molar-refractivity contribution in [3.8, 4) is 0 Å². The Morgan fingerprint density at radius 2 is 1.35 bits per heavy atom. The number of amides is 2. The summed E-state index contributed by atoms with van der Waals surface area (Å²) >= 11 is -0.291. The van der Waals surface area contributed by atoms with E-state index in [0.717, 1.165) is 46.7 Å². The molecule has 37 heavy (non-hydrogen) atoms. The van der Waals surface area contributed by atoms with Crippen LogP contribution >= 0.6 is 0 Å². The third-order valence-corrected chi connectivity index (χ3v) is 9.06. The minimum atomic E-state index is -0.161. The van der Waals surface area contributed by atoms with Crippen LogP contribution in [0.1, 0.15) is 24.2 Å². The normalized spacial score (nSPS) is 13.8. The van der Waals surface area contributed by atoms with Gasteiger partial charge in [0, 0.05) is 0 Å². The standard InChI is InChI=1S/C23H24N10O2Se2/c34-18(13-16-5-1-3-9-24-16)27-21-30-29-20(36-21)26-15-7-11-33(12-8-15)23-32-31-22(37-23)28-19(35)14-17-6-2-4-10-25-17/h1-6,9-10,15H,7-8,11-14H2,(H,26,29)(H,27,30,34)(H,28,31,35). The van der Waals surface area contributed by atoms with Crippen LogP contribution in [-0.2, 0) is 22.4 Å². The van der Waals surface area contributed by atoms with E-state index in [1.54, 1.807) is 12.4 Å². The van der Waals surface area contributed by atoms with Crippen molar-refractivity contribution in [1.82, 2.24) is 30.4 Å². The summed E-state index contributed by atoms with van der Waals surface area (Å²) in [5.74, 6) is -0.273. The second-order valence-corrected chi connectivity index (χ2v) is 12.4. The maximum absolute atomic E-state index is 12.3. The predicted octanol–water partition coefficient (Wildman–Crippen LogP) is 0.614. The molecule has 190 valence electrons.